The van der Waals surface area contributed by atoms with Crippen molar-refractivity contribution in [2.45, 2.75) is 6.92 Å². The van der Waals surface area contributed by atoms with E-state index in [4.69, 9.17) is 18.0 Å². The van der Waals surface area contributed by atoms with Crippen LogP contribution in [0.3, 0.4) is 0 Å². The topological polar surface area (TPSA) is 55.1 Å². The van der Waals surface area contributed by atoms with Crippen molar-refractivity contribution in [1.29, 1.82) is 0 Å². The van der Waals surface area contributed by atoms with Crippen molar-refractivity contribution in [3.05, 3.63) is 41.5 Å². The first kappa shape index (κ1) is 12.4. The Hall–Kier alpha value is -1.68. The van der Waals surface area contributed by atoms with Crippen molar-refractivity contribution in [2.24, 2.45) is 5.73 Å². The number of hydrogen-bond acceptors (Lipinski definition) is 2. The van der Waals surface area contributed by atoms with E-state index < -0.39 is 0 Å². The van der Waals surface area contributed by atoms with Crippen LogP contribution in [0.15, 0.2) is 30.3 Å². The molecule has 1 amide bonds. The molecule has 3 nitrogen and oxygen atoms in total. The Balaban J connectivity index is 2.55. The van der Waals surface area contributed by atoms with Gasteiger partial charge >= 0.3 is 0 Å². The highest BCUT2D eigenvalue weighted by Crippen LogP contribution is 2.05. The number of amides is 1. The van der Waals surface area contributed by atoms with Gasteiger partial charge in [0.25, 0.3) is 0 Å². The summed E-state index contributed by atoms with van der Waals surface area (Å²) in [6.07, 6.45) is 3.82. The molecule has 1 rings (SSSR count). The molecule has 0 atom stereocenters. The van der Waals surface area contributed by atoms with Crippen molar-refractivity contribution in [2.75, 3.05) is 6.54 Å². The summed E-state index contributed by atoms with van der Waals surface area (Å²) in [5.41, 5.74) is 7.39. The van der Waals surface area contributed by atoms with E-state index in [-0.39, 0.29) is 5.91 Å². The van der Waals surface area contributed by atoms with Crippen LogP contribution in [0.5, 0.6) is 0 Å². The third-order valence-corrected chi connectivity index (χ3v) is 2.21. The molecule has 16 heavy (non-hydrogen) atoms. The third kappa shape index (κ3) is 4.23. The lowest BCUT2D eigenvalue weighted by Gasteiger charge is -1.99. The zero-order chi connectivity index (χ0) is 12.0. The minimum Gasteiger partial charge on any atom is -0.389 e. The van der Waals surface area contributed by atoms with Crippen LogP contribution in [0.4, 0.5) is 0 Å². The summed E-state index contributed by atoms with van der Waals surface area (Å²) < 4.78 is 0. The Labute approximate surface area is 100 Å². The van der Waals surface area contributed by atoms with Gasteiger partial charge in [0.1, 0.15) is 4.99 Å². The summed E-state index contributed by atoms with van der Waals surface area (Å²) in [6.45, 7) is 2.03. The molecular formula is C12H14N2OS. The van der Waals surface area contributed by atoms with E-state index in [2.05, 4.69) is 5.32 Å². The third-order valence-electron chi connectivity index (χ3n) is 1.97. The van der Waals surface area contributed by atoms with E-state index in [1.807, 2.05) is 36.4 Å². The first-order chi connectivity index (χ1) is 7.59. The average molecular weight is 234 g/mol. The summed E-state index contributed by atoms with van der Waals surface area (Å²) in [5.74, 6) is -0.0338. The summed E-state index contributed by atoms with van der Waals surface area (Å²) in [6, 6.07) is 7.61. The molecule has 0 unspecified atom stereocenters. The molecule has 3 N–H and O–H groups in total. The maximum atomic E-state index is 10.6. The predicted molar refractivity (Wildman–Crippen MR) is 70.0 cm³/mol. The Morgan fingerprint density at radius 1 is 1.44 bits per heavy atom. The van der Waals surface area contributed by atoms with Gasteiger partial charge in [-0.25, -0.2) is 0 Å². The van der Waals surface area contributed by atoms with Gasteiger partial charge in [-0.3, -0.25) is 4.79 Å². The van der Waals surface area contributed by atoms with Crippen LogP contribution >= 0.6 is 12.2 Å². The molecule has 0 fully saturated rings. The minimum atomic E-state index is -0.0338. The Kier molecular flexibility index (Phi) is 4.66. The van der Waals surface area contributed by atoms with Crippen LogP contribution in [0.2, 0.25) is 0 Å². The lowest BCUT2D eigenvalue weighted by molar-refractivity contribution is -0.118. The highest BCUT2D eigenvalue weighted by atomic mass is 32.1. The van der Waals surface area contributed by atoms with Gasteiger partial charge in [0.05, 0.1) is 0 Å². The Morgan fingerprint density at radius 2 is 2.06 bits per heavy atom. The number of benzene rings is 1. The summed E-state index contributed by atoms with van der Waals surface area (Å²) in [4.78, 5) is 11.0. The number of hydrogen-bond donors (Lipinski definition) is 2. The molecule has 0 aliphatic heterocycles. The van der Waals surface area contributed by atoms with Crippen LogP contribution < -0.4 is 11.1 Å². The first-order valence-electron chi connectivity index (χ1n) is 4.90. The van der Waals surface area contributed by atoms with E-state index in [1.54, 1.807) is 0 Å². The quantitative estimate of drug-likeness (QED) is 0.776. The molecule has 0 radical (unpaired) electrons. The summed E-state index contributed by atoms with van der Waals surface area (Å²) in [7, 11) is 0. The lowest BCUT2D eigenvalue weighted by Crippen LogP contribution is -2.19. The number of nitrogens with one attached hydrogen (secondary N) is 1. The summed E-state index contributed by atoms with van der Waals surface area (Å²) >= 11 is 4.85. The number of carbonyl (C=O) groups excluding carboxylic acids is 1. The highest BCUT2D eigenvalue weighted by Gasteiger charge is 1.94. The Bertz CT molecular complexity index is 410. The van der Waals surface area contributed by atoms with Crippen molar-refractivity contribution in [3.8, 4) is 0 Å². The highest BCUT2D eigenvalue weighted by molar-refractivity contribution is 7.80. The fourth-order valence-corrected chi connectivity index (χ4v) is 1.29. The average Bonchev–Trinajstić information content (AvgIpc) is 2.25. The molecule has 4 heteroatoms. The molecule has 0 heterocycles. The van der Waals surface area contributed by atoms with Gasteiger partial charge in [-0.15, -0.1) is 0 Å². The fraction of sp³-hybridized carbons (Fsp3) is 0.167. The second-order valence-corrected chi connectivity index (χ2v) is 3.77. The van der Waals surface area contributed by atoms with Gasteiger partial charge in [-0.05, 0) is 5.56 Å². The smallest absolute Gasteiger partial charge is 0.217 e. The molecule has 0 bridgehead atoms. The van der Waals surface area contributed by atoms with Gasteiger partial charge in [-0.1, -0.05) is 48.6 Å². The first-order valence-corrected chi connectivity index (χ1v) is 5.31. The number of carbonyl (C=O) groups is 1. The van der Waals surface area contributed by atoms with Crippen molar-refractivity contribution in [3.63, 3.8) is 0 Å². The SMILES string of the molecule is CC(=O)NCC=Cc1ccc(C(N)=S)cc1. The number of thiocarbonyl (C=S) groups is 1. The minimum absolute atomic E-state index is 0.0338. The number of rotatable bonds is 4. The molecule has 0 aromatic heterocycles. The molecule has 0 saturated heterocycles. The molecule has 1 aromatic carbocycles. The second kappa shape index (κ2) is 6.02. The molecule has 84 valence electrons. The van der Waals surface area contributed by atoms with E-state index >= 15 is 0 Å². The van der Waals surface area contributed by atoms with Crippen molar-refractivity contribution < 1.29 is 4.79 Å². The largest absolute Gasteiger partial charge is 0.389 e. The maximum absolute atomic E-state index is 10.6. The standard InChI is InChI=1S/C12H14N2OS/c1-9(15)14-8-2-3-10-4-6-11(7-5-10)12(13)16/h2-7H,8H2,1H3,(H2,13,16)(H,14,15). The van der Waals surface area contributed by atoms with Crippen LogP contribution in [0.1, 0.15) is 18.1 Å². The van der Waals surface area contributed by atoms with Gasteiger partial charge in [0.2, 0.25) is 5.91 Å². The monoisotopic (exact) mass is 234 g/mol. The van der Waals surface area contributed by atoms with Crippen molar-refractivity contribution in [1.82, 2.24) is 5.32 Å². The zero-order valence-corrected chi connectivity index (χ0v) is 9.88. The van der Waals surface area contributed by atoms with Gasteiger partial charge < -0.3 is 11.1 Å². The fourth-order valence-electron chi connectivity index (χ4n) is 1.16. The van der Waals surface area contributed by atoms with Gasteiger partial charge in [0, 0.05) is 19.0 Å². The van der Waals surface area contributed by atoms with Gasteiger partial charge in [-0.2, -0.15) is 0 Å². The van der Waals surface area contributed by atoms with E-state index in [9.17, 15) is 4.79 Å². The number of nitrogens with two attached hydrogens (primary N) is 1. The maximum Gasteiger partial charge on any atom is 0.217 e. The molecule has 0 saturated carbocycles. The lowest BCUT2D eigenvalue weighted by atomic mass is 10.1. The van der Waals surface area contributed by atoms with Crippen LogP contribution in [-0.2, 0) is 4.79 Å². The molecule has 1 aromatic rings. The van der Waals surface area contributed by atoms with Crippen molar-refractivity contribution >= 4 is 29.2 Å². The van der Waals surface area contributed by atoms with E-state index in [0.29, 0.717) is 11.5 Å². The van der Waals surface area contributed by atoms with Gasteiger partial charge in [0.15, 0.2) is 0 Å². The van der Waals surface area contributed by atoms with E-state index in [0.717, 1.165) is 11.1 Å². The van der Waals surface area contributed by atoms with Crippen LogP contribution in [-0.4, -0.2) is 17.4 Å². The molecular weight excluding hydrogens is 220 g/mol. The summed E-state index contributed by atoms with van der Waals surface area (Å²) in [5, 5.41) is 2.68. The molecule has 0 aliphatic rings. The normalized spacial score (nSPS) is 10.3. The van der Waals surface area contributed by atoms with Crippen LogP contribution in [0.25, 0.3) is 6.08 Å². The van der Waals surface area contributed by atoms with E-state index in [1.165, 1.54) is 6.92 Å². The second-order valence-electron chi connectivity index (χ2n) is 3.33. The Morgan fingerprint density at radius 3 is 2.56 bits per heavy atom. The molecule has 0 spiro atoms. The van der Waals surface area contributed by atoms with Crippen LogP contribution in [0, 0.1) is 0 Å². The predicted octanol–water partition coefficient (Wildman–Crippen LogP) is 1.47. The molecule has 0 aliphatic carbocycles. The zero-order valence-electron chi connectivity index (χ0n) is 9.07.